The van der Waals surface area contributed by atoms with E-state index < -0.39 is 0 Å². The van der Waals surface area contributed by atoms with Crippen LogP contribution < -0.4 is 9.47 Å². The molecule has 2 rings (SSSR count). The lowest BCUT2D eigenvalue weighted by molar-refractivity contribution is 0.149. The second-order valence-corrected chi connectivity index (χ2v) is 14.6. The Labute approximate surface area is 270 Å². The zero-order chi connectivity index (χ0) is 27.6. The molecule has 0 bridgehead atoms. The van der Waals surface area contributed by atoms with E-state index >= 15 is 0 Å². The minimum Gasteiger partial charge on any atom is -0.490 e. The highest BCUT2D eigenvalue weighted by Crippen LogP contribution is 2.44. The summed E-state index contributed by atoms with van der Waals surface area (Å²) in [6.07, 6.45) is 3.46. The lowest BCUT2D eigenvalue weighted by atomic mass is 9.78. The van der Waals surface area contributed by atoms with E-state index in [0.29, 0.717) is 39.6 Å². The fourth-order valence-corrected chi connectivity index (χ4v) is 6.76. The van der Waals surface area contributed by atoms with Crippen molar-refractivity contribution in [2.24, 2.45) is 0 Å². The van der Waals surface area contributed by atoms with Gasteiger partial charge in [0.1, 0.15) is 24.7 Å². The highest BCUT2D eigenvalue weighted by molar-refractivity contribution is 9.11. The molecule has 0 saturated heterocycles. The number of rotatable bonds is 16. The van der Waals surface area contributed by atoms with Crippen molar-refractivity contribution in [3.8, 4) is 11.5 Å². The van der Waals surface area contributed by atoms with Crippen LogP contribution in [0.1, 0.15) is 25.0 Å². The Morgan fingerprint density at radius 2 is 1.00 bits per heavy atom. The first-order valence-corrected chi connectivity index (χ1v) is 16.4. The van der Waals surface area contributed by atoms with Gasteiger partial charge in [-0.3, -0.25) is 0 Å². The smallest absolute Gasteiger partial charge is 0.147 e. The second-order valence-electron chi connectivity index (χ2n) is 8.63. The second kappa shape index (κ2) is 16.6. The van der Waals surface area contributed by atoms with E-state index in [1.165, 1.54) is 0 Å². The summed E-state index contributed by atoms with van der Waals surface area (Å²) >= 11 is 22.0. The standard InChI is InChI=1S/C27H30Br6O4/c1-5-7-34-13-19(28)15-36-25-21(30)9-17(10-22(25)31)27(3,4)18-11-23(32)26(24(33)12-18)37-16-20(29)14-35-8-6-2/h5-6,9-12,19-20H,1-2,7-8,13-16H2,3-4H3. The molecule has 0 saturated carbocycles. The molecule has 0 aliphatic carbocycles. The number of alkyl halides is 2. The Morgan fingerprint density at radius 1 is 0.676 bits per heavy atom. The first-order chi connectivity index (χ1) is 17.5. The van der Waals surface area contributed by atoms with Crippen LogP contribution in [0.2, 0.25) is 0 Å². The van der Waals surface area contributed by atoms with Crippen LogP contribution in [0.25, 0.3) is 0 Å². The normalized spacial score (nSPS) is 13.2. The molecule has 37 heavy (non-hydrogen) atoms. The molecule has 4 nitrogen and oxygen atoms in total. The van der Waals surface area contributed by atoms with E-state index in [0.717, 1.165) is 40.5 Å². The maximum Gasteiger partial charge on any atom is 0.147 e. The fourth-order valence-electron chi connectivity index (χ4n) is 3.29. The first-order valence-electron chi connectivity index (χ1n) is 11.4. The summed E-state index contributed by atoms with van der Waals surface area (Å²) in [6, 6.07) is 8.40. The molecule has 0 N–H and O–H groups in total. The maximum absolute atomic E-state index is 6.07. The summed E-state index contributed by atoms with van der Waals surface area (Å²) in [5.41, 5.74) is 1.94. The van der Waals surface area contributed by atoms with Crippen LogP contribution in [0.3, 0.4) is 0 Å². The van der Waals surface area contributed by atoms with Crippen LogP contribution in [-0.2, 0) is 14.9 Å². The van der Waals surface area contributed by atoms with Gasteiger partial charge in [-0.25, -0.2) is 0 Å². The van der Waals surface area contributed by atoms with Crippen LogP contribution in [0, 0.1) is 0 Å². The Hall–Kier alpha value is 0.320. The average molecular weight is 898 g/mol. The van der Waals surface area contributed by atoms with Crippen LogP contribution in [0.5, 0.6) is 11.5 Å². The summed E-state index contributed by atoms with van der Waals surface area (Å²) in [4.78, 5) is 0.134. The highest BCUT2D eigenvalue weighted by atomic mass is 79.9. The van der Waals surface area contributed by atoms with Crippen LogP contribution in [0.15, 0.2) is 67.5 Å². The number of halogens is 6. The predicted molar refractivity (Wildman–Crippen MR) is 174 cm³/mol. The van der Waals surface area contributed by atoms with Crippen molar-refractivity contribution < 1.29 is 18.9 Å². The Balaban J connectivity index is 2.17. The lowest BCUT2D eigenvalue weighted by Gasteiger charge is -2.28. The lowest BCUT2D eigenvalue weighted by Crippen LogP contribution is -2.21. The van der Waals surface area contributed by atoms with Crippen LogP contribution >= 0.6 is 95.6 Å². The van der Waals surface area contributed by atoms with Crippen LogP contribution in [-0.4, -0.2) is 49.3 Å². The Bertz CT molecular complexity index is 932. The third-order valence-corrected chi connectivity index (χ3v) is 8.74. The van der Waals surface area contributed by atoms with Gasteiger partial charge in [-0.1, -0.05) is 57.9 Å². The van der Waals surface area contributed by atoms with Gasteiger partial charge in [0, 0.05) is 5.41 Å². The van der Waals surface area contributed by atoms with E-state index in [-0.39, 0.29) is 15.1 Å². The van der Waals surface area contributed by atoms with Gasteiger partial charge < -0.3 is 18.9 Å². The van der Waals surface area contributed by atoms with Crippen molar-refractivity contribution in [3.63, 3.8) is 0 Å². The molecule has 0 radical (unpaired) electrons. The van der Waals surface area contributed by atoms with Crippen molar-refractivity contribution in [2.45, 2.75) is 28.9 Å². The Kier molecular flexibility index (Phi) is 15.0. The van der Waals surface area contributed by atoms with E-state index in [1.807, 2.05) is 0 Å². The average Bonchev–Trinajstić information content (AvgIpc) is 2.83. The molecule has 0 aromatic heterocycles. The summed E-state index contributed by atoms with van der Waals surface area (Å²) in [7, 11) is 0. The molecule has 2 atom stereocenters. The van der Waals surface area contributed by atoms with E-state index in [1.54, 1.807) is 12.2 Å². The number of hydrogen-bond donors (Lipinski definition) is 0. The van der Waals surface area contributed by atoms with Gasteiger partial charge in [0.2, 0.25) is 0 Å². The van der Waals surface area contributed by atoms with Crippen molar-refractivity contribution in [3.05, 3.63) is 78.6 Å². The first kappa shape index (κ1) is 33.5. The molecule has 0 aliphatic heterocycles. The molecule has 10 heteroatoms. The highest BCUT2D eigenvalue weighted by Gasteiger charge is 2.27. The molecule has 0 fully saturated rings. The monoisotopic (exact) mass is 892 g/mol. The number of benzene rings is 2. The largest absolute Gasteiger partial charge is 0.490 e. The quantitative estimate of drug-likeness (QED) is 0.0957. The molecule has 2 aromatic rings. The summed E-state index contributed by atoms with van der Waals surface area (Å²) in [5.74, 6) is 1.50. The van der Waals surface area contributed by atoms with Gasteiger partial charge in [-0.2, -0.15) is 0 Å². The SMILES string of the molecule is C=CCOCC(Br)COc1c(Br)cc(C(C)(C)c2cc(Br)c(OCC(Br)COCC=C)c(Br)c2)cc1Br. The fraction of sp³-hybridized carbons (Fsp3) is 0.407. The summed E-state index contributed by atoms with van der Waals surface area (Å²) in [5, 5.41) is 0. The van der Waals surface area contributed by atoms with E-state index in [2.05, 4.69) is 147 Å². The van der Waals surface area contributed by atoms with E-state index in [4.69, 9.17) is 18.9 Å². The van der Waals surface area contributed by atoms with Gasteiger partial charge in [-0.05, 0) is 99.1 Å². The molecule has 2 aromatic carbocycles. The van der Waals surface area contributed by atoms with Gasteiger partial charge in [0.05, 0.1) is 54.0 Å². The molecule has 0 heterocycles. The van der Waals surface area contributed by atoms with Crippen LogP contribution in [0.4, 0.5) is 0 Å². The van der Waals surface area contributed by atoms with E-state index in [9.17, 15) is 0 Å². The number of hydrogen-bond acceptors (Lipinski definition) is 4. The molecular weight excluding hydrogens is 868 g/mol. The van der Waals surface area contributed by atoms with Crippen molar-refractivity contribution in [1.29, 1.82) is 0 Å². The Morgan fingerprint density at radius 3 is 1.30 bits per heavy atom. The summed E-state index contributed by atoms with van der Waals surface area (Å²) < 4.78 is 26.6. The topological polar surface area (TPSA) is 36.9 Å². The molecule has 0 aliphatic rings. The van der Waals surface area contributed by atoms with Gasteiger partial charge in [0.15, 0.2) is 0 Å². The molecule has 2 unspecified atom stereocenters. The van der Waals surface area contributed by atoms with Crippen molar-refractivity contribution in [1.82, 2.24) is 0 Å². The molecule has 0 amide bonds. The van der Waals surface area contributed by atoms with Gasteiger partial charge in [-0.15, -0.1) is 13.2 Å². The molecule has 204 valence electrons. The van der Waals surface area contributed by atoms with Gasteiger partial charge in [0.25, 0.3) is 0 Å². The third-order valence-electron chi connectivity index (χ3n) is 5.33. The predicted octanol–water partition coefficient (Wildman–Crippen LogP) is 9.75. The number of ether oxygens (including phenoxy) is 4. The summed E-state index contributed by atoms with van der Waals surface area (Å²) in [6.45, 7) is 14.7. The zero-order valence-electron chi connectivity index (χ0n) is 20.7. The minimum absolute atomic E-state index is 0.0669. The minimum atomic E-state index is -0.305. The molecule has 0 spiro atoms. The zero-order valence-corrected chi connectivity index (χ0v) is 30.2. The van der Waals surface area contributed by atoms with Crippen molar-refractivity contribution >= 4 is 95.6 Å². The van der Waals surface area contributed by atoms with Crippen molar-refractivity contribution in [2.75, 3.05) is 39.6 Å². The molecular formula is C27H30Br6O4. The van der Waals surface area contributed by atoms with Gasteiger partial charge >= 0.3 is 0 Å². The maximum atomic E-state index is 6.07. The third kappa shape index (κ3) is 10.3.